The molecule has 0 fully saturated rings. The number of rotatable bonds is 3. The second kappa shape index (κ2) is 5.36. The van der Waals surface area contributed by atoms with Crippen LogP contribution in [0, 0.1) is 0 Å². The maximum absolute atomic E-state index is 3.61. The average molecular weight is 122 g/mol. The van der Waals surface area contributed by atoms with E-state index in [2.05, 4.69) is 25.7 Å². The summed E-state index contributed by atoms with van der Waals surface area (Å²) in [6.45, 7) is 7.74. The highest BCUT2D eigenvalue weighted by Gasteiger charge is 1.78. The molecule has 0 radical (unpaired) electrons. The summed E-state index contributed by atoms with van der Waals surface area (Å²) in [4.78, 5) is 0. The Balaban J connectivity index is 3.61. The lowest BCUT2D eigenvalue weighted by Crippen LogP contribution is -1.68. The van der Waals surface area contributed by atoms with E-state index in [4.69, 9.17) is 0 Å². The first-order chi connectivity index (χ1) is 4.31. The molecule has 0 rings (SSSR count). The second-order valence-corrected chi connectivity index (χ2v) is 2.02. The van der Waals surface area contributed by atoms with E-state index < -0.39 is 0 Å². The Bertz CT molecular complexity index is 127. The summed E-state index contributed by atoms with van der Waals surface area (Å²) in [7, 11) is 0. The van der Waals surface area contributed by atoms with E-state index in [1.54, 1.807) is 0 Å². The van der Waals surface area contributed by atoms with Gasteiger partial charge < -0.3 is 0 Å². The van der Waals surface area contributed by atoms with Gasteiger partial charge in [-0.3, -0.25) is 0 Å². The Morgan fingerprint density at radius 3 is 2.67 bits per heavy atom. The van der Waals surface area contributed by atoms with Gasteiger partial charge in [-0.1, -0.05) is 36.5 Å². The van der Waals surface area contributed by atoms with E-state index in [9.17, 15) is 0 Å². The van der Waals surface area contributed by atoms with Crippen molar-refractivity contribution in [2.45, 2.75) is 20.3 Å². The van der Waals surface area contributed by atoms with Gasteiger partial charge in [-0.2, -0.15) is 0 Å². The first-order valence-corrected chi connectivity index (χ1v) is 3.20. The van der Waals surface area contributed by atoms with Crippen LogP contribution in [0.15, 0.2) is 36.5 Å². The lowest BCUT2D eigenvalue weighted by atomic mass is 10.2. The Labute approximate surface area is 57.6 Å². The van der Waals surface area contributed by atoms with E-state index in [0.29, 0.717) is 0 Å². The zero-order valence-electron chi connectivity index (χ0n) is 6.22. The first-order valence-electron chi connectivity index (χ1n) is 3.20. The van der Waals surface area contributed by atoms with Crippen molar-refractivity contribution < 1.29 is 0 Å². The summed E-state index contributed by atoms with van der Waals surface area (Å²) >= 11 is 0. The van der Waals surface area contributed by atoms with Crippen molar-refractivity contribution >= 4 is 0 Å². The van der Waals surface area contributed by atoms with Crippen LogP contribution in [0.5, 0.6) is 0 Å². The molecule has 0 unspecified atom stereocenters. The van der Waals surface area contributed by atoms with Gasteiger partial charge in [0, 0.05) is 0 Å². The van der Waals surface area contributed by atoms with Crippen LogP contribution in [0.25, 0.3) is 0 Å². The molecule has 0 aliphatic rings. The summed E-state index contributed by atoms with van der Waals surface area (Å²) < 4.78 is 0. The Morgan fingerprint density at radius 1 is 1.56 bits per heavy atom. The van der Waals surface area contributed by atoms with Crippen LogP contribution >= 0.6 is 0 Å². The van der Waals surface area contributed by atoms with Crippen LogP contribution in [-0.2, 0) is 0 Å². The summed E-state index contributed by atoms with van der Waals surface area (Å²) in [6.07, 6.45) is 9.08. The van der Waals surface area contributed by atoms with E-state index >= 15 is 0 Å². The van der Waals surface area contributed by atoms with Crippen molar-refractivity contribution in [3.63, 3.8) is 0 Å². The third-order valence-electron chi connectivity index (χ3n) is 1.08. The van der Waals surface area contributed by atoms with Gasteiger partial charge in [0.15, 0.2) is 0 Å². The standard InChI is InChI=1S/C9H14/c1-4-6-8-9(3)7-5-2/h4-7H,2,8H2,1,3H3/b6-4?,9-7-. The minimum Gasteiger partial charge on any atom is -0.0991 e. The second-order valence-electron chi connectivity index (χ2n) is 2.02. The van der Waals surface area contributed by atoms with Gasteiger partial charge in [-0.05, 0) is 20.3 Å². The lowest BCUT2D eigenvalue weighted by Gasteiger charge is -1.89. The minimum absolute atomic E-state index is 1.04. The predicted molar refractivity (Wildman–Crippen MR) is 43.4 cm³/mol. The van der Waals surface area contributed by atoms with Crippen LogP contribution in [0.1, 0.15) is 20.3 Å². The molecule has 0 heteroatoms. The highest BCUT2D eigenvalue weighted by atomic mass is 13.9. The van der Waals surface area contributed by atoms with Gasteiger partial charge in [0.25, 0.3) is 0 Å². The molecule has 0 heterocycles. The topological polar surface area (TPSA) is 0 Å². The molecule has 0 atom stereocenters. The monoisotopic (exact) mass is 122 g/mol. The Morgan fingerprint density at radius 2 is 2.22 bits per heavy atom. The molecule has 0 aromatic rings. The fourth-order valence-electron chi connectivity index (χ4n) is 0.573. The zero-order valence-corrected chi connectivity index (χ0v) is 6.22. The van der Waals surface area contributed by atoms with Gasteiger partial charge in [-0.25, -0.2) is 0 Å². The highest BCUT2D eigenvalue weighted by Crippen LogP contribution is 1.99. The van der Waals surface area contributed by atoms with E-state index in [-0.39, 0.29) is 0 Å². The highest BCUT2D eigenvalue weighted by molar-refractivity contribution is 5.10. The largest absolute Gasteiger partial charge is 0.0991 e. The van der Waals surface area contributed by atoms with Crippen molar-refractivity contribution in [2.24, 2.45) is 0 Å². The van der Waals surface area contributed by atoms with E-state index in [0.717, 1.165) is 6.42 Å². The van der Waals surface area contributed by atoms with Crippen molar-refractivity contribution in [3.8, 4) is 0 Å². The number of hydrogen-bond donors (Lipinski definition) is 0. The maximum atomic E-state index is 3.61. The molecule has 0 aromatic heterocycles. The Kier molecular flexibility index (Phi) is 4.89. The fraction of sp³-hybridized carbons (Fsp3) is 0.333. The smallest absolute Gasteiger partial charge is 0.0139 e. The van der Waals surface area contributed by atoms with Crippen LogP contribution in [0.3, 0.4) is 0 Å². The molecule has 0 amide bonds. The third-order valence-corrected chi connectivity index (χ3v) is 1.08. The van der Waals surface area contributed by atoms with E-state index in [1.165, 1.54) is 5.57 Å². The van der Waals surface area contributed by atoms with Crippen molar-refractivity contribution in [2.75, 3.05) is 0 Å². The summed E-state index contributed by atoms with van der Waals surface area (Å²) in [6, 6.07) is 0. The predicted octanol–water partition coefficient (Wildman–Crippen LogP) is 3.08. The van der Waals surface area contributed by atoms with Gasteiger partial charge >= 0.3 is 0 Å². The average Bonchev–Trinajstić information content (AvgIpc) is 1.85. The maximum Gasteiger partial charge on any atom is -0.0139 e. The molecule has 0 saturated heterocycles. The molecule has 50 valence electrons. The zero-order chi connectivity index (χ0) is 7.11. The minimum atomic E-state index is 1.04. The lowest BCUT2D eigenvalue weighted by molar-refractivity contribution is 1.21. The number of hydrogen-bond acceptors (Lipinski definition) is 0. The van der Waals surface area contributed by atoms with Crippen molar-refractivity contribution in [1.82, 2.24) is 0 Å². The number of allylic oxidation sites excluding steroid dienone is 5. The van der Waals surface area contributed by atoms with E-state index in [1.807, 2.05) is 19.1 Å². The van der Waals surface area contributed by atoms with Gasteiger partial charge in [0.1, 0.15) is 0 Å². The molecular weight excluding hydrogens is 108 g/mol. The molecule has 0 bridgehead atoms. The third kappa shape index (κ3) is 5.09. The van der Waals surface area contributed by atoms with Gasteiger partial charge in [-0.15, -0.1) is 0 Å². The molecule has 0 aliphatic heterocycles. The molecule has 0 N–H and O–H groups in total. The summed E-state index contributed by atoms with van der Waals surface area (Å²) in [5.41, 5.74) is 1.35. The Hall–Kier alpha value is -0.780. The normalized spacial score (nSPS) is 12.4. The summed E-state index contributed by atoms with van der Waals surface area (Å²) in [5, 5.41) is 0. The van der Waals surface area contributed by atoms with Crippen LogP contribution < -0.4 is 0 Å². The van der Waals surface area contributed by atoms with Crippen LogP contribution in [0.2, 0.25) is 0 Å². The molecule has 0 aliphatic carbocycles. The van der Waals surface area contributed by atoms with Crippen LogP contribution in [-0.4, -0.2) is 0 Å². The molecule has 0 nitrogen and oxygen atoms in total. The first kappa shape index (κ1) is 8.22. The molecule has 0 spiro atoms. The van der Waals surface area contributed by atoms with Gasteiger partial charge in [0.2, 0.25) is 0 Å². The van der Waals surface area contributed by atoms with Crippen molar-refractivity contribution in [1.29, 1.82) is 0 Å². The molecule has 9 heavy (non-hydrogen) atoms. The van der Waals surface area contributed by atoms with Crippen molar-refractivity contribution in [3.05, 3.63) is 36.5 Å². The fourth-order valence-corrected chi connectivity index (χ4v) is 0.573. The van der Waals surface area contributed by atoms with Crippen LogP contribution in [0.4, 0.5) is 0 Å². The van der Waals surface area contributed by atoms with Gasteiger partial charge in [0.05, 0.1) is 0 Å². The SMILES string of the molecule is C=C/C=C(/C)CC=CC. The molecule has 0 aromatic carbocycles. The summed E-state index contributed by atoms with van der Waals surface area (Å²) in [5.74, 6) is 0. The molecular formula is C9H14. The quantitative estimate of drug-likeness (QED) is 0.398. The molecule has 0 saturated carbocycles.